The average Bonchev–Trinajstić information content (AvgIpc) is 3.40. The van der Waals surface area contributed by atoms with E-state index in [0.29, 0.717) is 23.2 Å². The Morgan fingerprint density at radius 2 is 2.20 bits per heavy atom. The first kappa shape index (κ1) is 21.7. The molecule has 35 heavy (non-hydrogen) atoms. The molecule has 3 fully saturated rings. The number of nitrogens with one attached hydrogen (secondary N) is 1. The number of piperidine rings is 3. The van der Waals surface area contributed by atoms with Crippen LogP contribution in [0.15, 0.2) is 61.3 Å². The minimum absolute atomic E-state index is 0.130. The number of hydrogen-bond donors (Lipinski definition) is 1. The maximum Gasteiger partial charge on any atom is 0.270 e. The van der Waals surface area contributed by atoms with Gasteiger partial charge in [-0.1, -0.05) is 12.1 Å². The number of pyridine rings is 2. The summed E-state index contributed by atoms with van der Waals surface area (Å²) in [5.74, 6) is 1.57. The fraction of sp³-hybridized carbons (Fsp3) is 0.346. The number of hydrogen-bond acceptors (Lipinski definition) is 7. The fourth-order valence-corrected chi connectivity index (χ4v) is 5.81. The highest BCUT2D eigenvalue weighted by Crippen LogP contribution is 2.42. The standard InChI is InChI=1S/C26H27N7O2/c1-3-16-15-32-11-9-17(16)12-23(32)25(28-26(34)21-6-4-5-10-27-21)20-14-24-29-30-31-33(24)22-8-7-18(35-2)13-19(20)22/h3-8,10,13-14,16-17,23,25H,1,9,11-12,15H2,2H3,(H,28,34)/t16?,17?,23?,25-/m1/s1. The van der Waals surface area contributed by atoms with Gasteiger partial charge in [0, 0.05) is 24.2 Å². The number of carbonyl (C=O) groups excluding carboxylic acids is 1. The second-order valence-electron chi connectivity index (χ2n) is 9.34. The van der Waals surface area contributed by atoms with E-state index in [0.717, 1.165) is 48.1 Å². The van der Waals surface area contributed by atoms with Crippen molar-refractivity contribution in [2.24, 2.45) is 11.8 Å². The molecule has 1 N–H and O–H groups in total. The number of methoxy groups -OCH3 is 1. The topological polar surface area (TPSA) is 97.5 Å². The Balaban J connectivity index is 1.50. The third-order valence-corrected chi connectivity index (χ3v) is 7.58. The summed E-state index contributed by atoms with van der Waals surface area (Å²) in [5.41, 5.74) is 2.86. The molecule has 4 aromatic rings. The predicted octanol–water partition coefficient (Wildman–Crippen LogP) is 3.05. The molecule has 3 aromatic heterocycles. The fourth-order valence-electron chi connectivity index (χ4n) is 5.81. The zero-order valence-corrected chi connectivity index (χ0v) is 19.5. The second kappa shape index (κ2) is 8.74. The Bertz CT molecular complexity index is 1400. The third-order valence-electron chi connectivity index (χ3n) is 7.58. The lowest BCUT2D eigenvalue weighted by Gasteiger charge is -2.51. The predicted molar refractivity (Wildman–Crippen MR) is 131 cm³/mol. The maximum absolute atomic E-state index is 13.4. The molecule has 9 nitrogen and oxygen atoms in total. The van der Waals surface area contributed by atoms with Crippen LogP contribution in [0.3, 0.4) is 0 Å². The zero-order chi connectivity index (χ0) is 23.9. The van der Waals surface area contributed by atoms with Crippen molar-refractivity contribution in [3.8, 4) is 5.75 Å². The van der Waals surface area contributed by atoms with E-state index >= 15 is 0 Å². The smallest absolute Gasteiger partial charge is 0.270 e. The van der Waals surface area contributed by atoms with Crippen molar-refractivity contribution < 1.29 is 9.53 Å². The lowest BCUT2D eigenvalue weighted by Crippen LogP contribution is -2.57. The van der Waals surface area contributed by atoms with Crippen molar-refractivity contribution in [2.75, 3.05) is 20.2 Å². The first-order valence-electron chi connectivity index (χ1n) is 11.9. The van der Waals surface area contributed by atoms with Crippen LogP contribution in [0, 0.1) is 11.8 Å². The van der Waals surface area contributed by atoms with Gasteiger partial charge in [0.15, 0.2) is 5.65 Å². The van der Waals surface area contributed by atoms with Gasteiger partial charge >= 0.3 is 0 Å². The van der Waals surface area contributed by atoms with Gasteiger partial charge in [-0.25, -0.2) is 0 Å². The molecule has 3 saturated heterocycles. The Kier molecular flexibility index (Phi) is 5.41. The Morgan fingerprint density at radius 3 is 2.94 bits per heavy atom. The molecule has 6 heterocycles. The molecule has 0 aliphatic carbocycles. The van der Waals surface area contributed by atoms with Gasteiger partial charge in [0.25, 0.3) is 5.91 Å². The molecule has 4 unspecified atom stereocenters. The van der Waals surface area contributed by atoms with E-state index in [9.17, 15) is 4.79 Å². The highest BCUT2D eigenvalue weighted by Gasteiger charge is 2.43. The molecule has 178 valence electrons. The first-order chi connectivity index (χ1) is 17.2. The van der Waals surface area contributed by atoms with E-state index in [4.69, 9.17) is 4.74 Å². The Hall–Kier alpha value is -3.85. The van der Waals surface area contributed by atoms with Crippen LogP contribution in [0.25, 0.3) is 16.6 Å². The Labute approximate surface area is 202 Å². The molecular weight excluding hydrogens is 442 g/mol. The summed E-state index contributed by atoms with van der Waals surface area (Å²) >= 11 is 0. The number of ether oxygens (including phenoxy) is 1. The van der Waals surface area contributed by atoms with E-state index in [1.165, 1.54) is 0 Å². The van der Waals surface area contributed by atoms with E-state index < -0.39 is 0 Å². The molecule has 1 aromatic carbocycles. The minimum atomic E-state index is -0.283. The number of carbonyl (C=O) groups is 1. The largest absolute Gasteiger partial charge is 0.497 e. The number of tetrazole rings is 1. The molecular formula is C26H27N7O2. The first-order valence-corrected chi connectivity index (χ1v) is 11.9. The minimum Gasteiger partial charge on any atom is -0.497 e. The van der Waals surface area contributed by atoms with Crippen molar-refractivity contribution in [3.05, 3.63) is 72.6 Å². The lowest BCUT2D eigenvalue weighted by atomic mass is 9.73. The molecule has 2 bridgehead atoms. The highest BCUT2D eigenvalue weighted by atomic mass is 16.5. The number of amides is 1. The molecule has 3 aliphatic rings. The van der Waals surface area contributed by atoms with Gasteiger partial charge < -0.3 is 10.1 Å². The second-order valence-corrected chi connectivity index (χ2v) is 9.34. The van der Waals surface area contributed by atoms with Crippen LogP contribution in [0.4, 0.5) is 0 Å². The number of benzene rings is 1. The molecule has 0 spiro atoms. The summed E-state index contributed by atoms with van der Waals surface area (Å²) in [7, 11) is 1.65. The maximum atomic E-state index is 13.4. The van der Waals surface area contributed by atoms with Crippen molar-refractivity contribution in [2.45, 2.75) is 24.9 Å². The van der Waals surface area contributed by atoms with E-state index in [-0.39, 0.29) is 18.0 Å². The van der Waals surface area contributed by atoms with Gasteiger partial charge in [-0.15, -0.1) is 11.7 Å². The van der Waals surface area contributed by atoms with Gasteiger partial charge in [-0.2, -0.15) is 4.52 Å². The molecule has 7 rings (SSSR count). The molecule has 9 heteroatoms. The van der Waals surface area contributed by atoms with Crippen LogP contribution < -0.4 is 10.1 Å². The van der Waals surface area contributed by atoms with E-state index in [1.54, 1.807) is 23.9 Å². The van der Waals surface area contributed by atoms with E-state index in [2.05, 4.69) is 43.4 Å². The van der Waals surface area contributed by atoms with Crippen molar-refractivity contribution in [1.29, 1.82) is 0 Å². The summed E-state index contributed by atoms with van der Waals surface area (Å²) in [6.07, 6.45) is 5.85. The Morgan fingerprint density at radius 1 is 1.29 bits per heavy atom. The number of nitrogens with zero attached hydrogens (tertiary/aromatic N) is 6. The zero-order valence-electron chi connectivity index (χ0n) is 19.5. The van der Waals surface area contributed by atoms with Crippen LogP contribution in [-0.4, -0.2) is 62.1 Å². The van der Waals surface area contributed by atoms with E-state index in [1.807, 2.05) is 36.4 Å². The quantitative estimate of drug-likeness (QED) is 0.434. The van der Waals surface area contributed by atoms with Crippen molar-refractivity contribution in [1.82, 2.24) is 35.2 Å². The van der Waals surface area contributed by atoms with Crippen molar-refractivity contribution >= 4 is 22.5 Å². The molecule has 3 aliphatic heterocycles. The van der Waals surface area contributed by atoms with Crippen LogP contribution in [-0.2, 0) is 0 Å². The number of rotatable bonds is 6. The summed E-state index contributed by atoms with van der Waals surface area (Å²) in [6, 6.07) is 13.1. The van der Waals surface area contributed by atoms with Gasteiger partial charge in [0.2, 0.25) is 0 Å². The third kappa shape index (κ3) is 3.72. The average molecular weight is 470 g/mol. The molecule has 0 saturated carbocycles. The molecule has 1 amide bonds. The van der Waals surface area contributed by atoms with Gasteiger partial charge in [-0.3, -0.25) is 14.7 Å². The summed E-state index contributed by atoms with van der Waals surface area (Å²) in [5, 5.41) is 16.6. The molecule has 5 atom stereocenters. The van der Waals surface area contributed by atoms with Gasteiger partial charge in [0.05, 0.1) is 18.7 Å². The summed E-state index contributed by atoms with van der Waals surface area (Å²) in [6.45, 7) is 6.02. The monoisotopic (exact) mass is 469 g/mol. The van der Waals surface area contributed by atoms with Crippen LogP contribution in [0.2, 0.25) is 0 Å². The van der Waals surface area contributed by atoms with Crippen LogP contribution in [0.5, 0.6) is 5.75 Å². The molecule has 0 radical (unpaired) electrons. The van der Waals surface area contributed by atoms with Crippen molar-refractivity contribution in [3.63, 3.8) is 0 Å². The summed E-state index contributed by atoms with van der Waals surface area (Å²) in [4.78, 5) is 20.2. The number of fused-ring (bicyclic) bond motifs is 6. The van der Waals surface area contributed by atoms with Gasteiger partial charge in [0.1, 0.15) is 11.4 Å². The summed E-state index contributed by atoms with van der Waals surface area (Å²) < 4.78 is 7.26. The number of aromatic nitrogens is 5. The highest BCUT2D eigenvalue weighted by molar-refractivity contribution is 5.93. The van der Waals surface area contributed by atoms with Crippen LogP contribution in [0.1, 0.15) is 34.9 Å². The van der Waals surface area contributed by atoms with Crippen LogP contribution >= 0.6 is 0 Å². The van der Waals surface area contributed by atoms with Gasteiger partial charge in [-0.05, 0) is 83.6 Å². The SMILES string of the molecule is C=CC1CN2CCC1CC2[C@H](NC(=O)c1ccccn1)c1cc2nnnn2c2ccc(OC)cc12. The normalized spacial score (nSPS) is 24.4. The lowest BCUT2D eigenvalue weighted by molar-refractivity contribution is 0.00168.